The largest absolute Gasteiger partial charge is 0.497 e. The van der Waals surface area contributed by atoms with E-state index in [4.69, 9.17) is 4.74 Å². The Labute approximate surface area is 105 Å². The Kier molecular flexibility index (Phi) is 3.82. The lowest BCUT2D eigenvalue weighted by atomic mass is 10.3. The van der Waals surface area contributed by atoms with E-state index < -0.39 is 0 Å². The van der Waals surface area contributed by atoms with Crippen LogP contribution in [0.15, 0.2) is 30.6 Å². The summed E-state index contributed by atoms with van der Waals surface area (Å²) < 4.78 is 20.6. The van der Waals surface area contributed by atoms with Crippen molar-refractivity contribution in [1.29, 1.82) is 0 Å². The van der Waals surface area contributed by atoms with E-state index in [1.165, 1.54) is 6.07 Å². The number of benzene rings is 1. The summed E-state index contributed by atoms with van der Waals surface area (Å²) >= 11 is 0. The number of halogens is 1. The highest BCUT2D eigenvalue weighted by Gasteiger charge is 2.03. The lowest BCUT2D eigenvalue weighted by Crippen LogP contribution is -2.11. The summed E-state index contributed by atoms with van der Waals surface area (Å²) in [5, 5.41) is 3.05. The lowest BCUT2D eigenvalue weighted by molar-refractivity contribution is 0.414. The van der Waals surface area contributed by atoms with Gasteiger partial charge in [0.2, 0.25) is 0 Å². The van der Waals surface area contributed by atoms with Crippen molar-refractivity contribution in [2.75, 3.05) is 19.0 Å². The molecule has 0 saturated heterocycles. The Balaban J connectivity index is 1.96. The summed E-state index contributed by atoms with van der Waals surface area (Å²) in [6.45, 7) is 3.30. The average molecular weight is 249 g/mol. The Bertz CT molecular complexity index is 525. The van der Waals surface area contributed by atoms with Gasteiger partial charge in [-0.05, 0) is 19.1 Å². The Morgan fingerprint density at radius 2 is 2.28 bits per heavy atom. The molecule has 96 valence electrons. The number of nitrogens with zero attached hydrogens (tertiary/aromatic N) is 2. The first kappa shape index (κ1) is 12.4. The number of aryl methyl sites for hydroxylation is 1. The van der Waals surface area contributed by atoms with Crippen LogP contribution in [-0.4, -0.2) is 23.2 Å². The van der Waals surface area contributed by atoms with Crippen LogP contribution >= 0.6 is 0 Å². The molecule has 1 aromatic carbocycles. The minimum Gasteiger partial charge on any atom is -0.497 e. The van der Waals surface area contributed by atoms with Crippen LogP contribution in [0, 0.1) is 12.7 Å². The number of anilines is 1. The van der Waals surface area contributed by atoms with Crippen molar-refractivity contribution < 1.29 is 9.13 Å². The SMILES string of the molecule is COc1ccc(F)c(NCCn2ccnc2C)c1. The molecular formula is C13H16FN3O. The molecule has 5 heteroatoms. The van der Waals surface area contributed by atoms with E-state index in [0.717, 1.165) is 12.4 Å². The van der Waals surface area contributed by atoms with Crippen molar-refractivity contribution in [1.82, 2.24) is 9.55 Å². The fourth-order valence-corrected chi connectivity index (χ4v) is 1.72. The van der Waals surface area contributed by atoms with Gasteiger partial charge in [-0.15, -0.1) is 0 Å². The molecule has 0 bridgehead atoms. The fourth-order valence-electron chi connectivity index (χ4n) is 1.72. The van der Waals surface area contributed by atoms with Gasteiger partial charge in [0, 0.05) is 31.5 Å². The van der Waals surface area contributed by atoms with Gasteiger partial charge in [-0.1, -0.05) is 0 Å². The van der Waals surface area contributed by atoms with Gasteiger partial charge < -0.3 is 14.6 Å². The molecule has 2 rings (SSSR count). The normalized spacial score (nSPS) is 10.4. The molecule has 0 aliphatic rings. The van der Waals surface area contributed by atoms with Crippen molar-refractivity contribution in [3.63, 3.8) is 0 Å². The zero-order chi connectivity index (χ0) is 13.0. The second kappa shape index (κ2) is 5.53. The molecule has 0 unspecified atom stereocenters. The Morgan fingerprint density at radius 3 is 2.94 bits per heavy atom. The fraction of sp³-hybridized carbons (Fsp3) is 0.308. The van der Waals surface area contributed by atoms with Gasteiger partial charge in [0.05, 0.1) is 12.8 Å². The second-order valence-corrected chi connectivity index (χ2v) is 3.94. The monoisotopic (exact) mass is 249 g/mol. The van der Waals surface area contributed by atoms with E-state index in [-0.39, 0.29) is 5.82 Å². The van der Waals surface area contributed by atoms with E-state index in [1.54, 1.807) is 25.4 Å². The summed E-state index contributed by atoms with van der Waals surface area (Å²) in [4.78, 5) is 4.13. The maximum absolute atomic E-state index is 13.5. The van der Waals surface area contributed by atoms with Crippen molar-refractivity contribution in [3.8, 4) is 5.75 Å². The molecule has 1 aromatic heterocycles. The predicted molar refractivity (Wildman–Crippen MR) is 68.4 cm³/mol. The molecule has 1 heterocycles. The summed E-state index contributed by atoms with van der Waals surface area (Å²) in [6, 6.07) is 4.64. The summed E-state index contributed by atoms with van der Waals surface area (Å²) in [6.07, 6.45) is 3.65. The van der Waals surface area contributed by atoms with Crippen LogP contribution < -0.4 is 10.1 Å². The van der Waals surface area contributed by atoms with Crippen LogP contribution in [0.3, 0.4) is 0 Å². The van der Waals surface area contributed by atoms with Crippen LogP contribution in [0.1, 0.15) is 5.82 Å². The number of rotatable bonds is 5. The molecule has 0 amide bonds. The summed E-state index contributed by atoms with van der Waals surface area (Å²) in [5.74, 6) is 1.30. The molecule has 0 aliphatic heterocycles. The summed E-state index contributed by atoms with van der Waals surface area (Å²) in [7, 11) is 1.56. The maximum atomic E-state index is 13.5. The first-order valence-electron chi connectivity index (χ1n) is 5.76. The van der Waals surface area contributed by atoms with Gasteiger partial charge in [0.1, 0.15) is 17.4 Å². The van der Waals surface area contributed by atoms with E-state index in [1.807, 2.05) is 17.7 Å². The molecule has 4 nitrogen and oxygen atoms in total. The van der Waals surface area contributed by atoms with Gasteiger partial charge in [-0.25, -0.2) is 9.37 Å². The first-order valence-corrected chi connectivity index (χ1v) is 5.76. The van der Waals surface area contributed by atoms with Gasteiger partial charge in [-0.3, -0.25) is 0 Å². The minimum atomic E-state index is -0.279. The number of hydrogen-bond donors (Lipinski definition) is 1. The molecule has 18 heavy (non-hydrogen) atoms. The van der Waals surface area contributed by atoms with Crippen LogP contribution in [0.2, 0.25) is 0 Å². The lowest BCUT2D eigenvalue weighted by Gasteiger charge is -2.10. The smallest absolute Gasteiger partial charge is 0.146 e. The van der Waals surface area contributed by atoms with E-state index in [0.29, 0.717) is 18.0 Å². The predicted octanol–water partition coefficient (Wildman–Crippen LogP) is 2.45. The van der Waals surface area contributed by atoms with Crippen molar-refractivity contribution in [3.05, 3.63) is 42.2 Å². The average Bonchev–Trinajstić information content (AvgIpc) is 2.77. The highest BCUT2D eigenvalue weighted by Crippen LogP contribution is 2.20. The quantitative estimate of drug-likeness (QED) is 0.884. The third-order valence-electron chi connectivity index (χ3n) is 2.77. The molecule has 2 aromatic rings. The minimum absolute atomic E-state index is 0.279. The van der Waals surface area contributed by atoms with Crippen LogP contribution in [0.5, 0.6) is 5.75 Å². The molecule has 0 radical (unpaired) electrons. The van der Waals surface area contributed by atoms with Gasteiger partial charge >= 0.3 is 0 Å². The van der Waals surface area contributed by atoms with Gasteiger partial charge in [0.15, 0.2) is 0 Å². The van der Waals surface area contributed by atoms with E-state index in [2.05, 4.69) is 10.3 Å². The Hall–Kier alpha value is -2.04. The molecule has 0 saturated carbocycles. The van der Waals surface area contributed by atoms with E-state index in [9.17, 15) is 4.39 Å². The summed E-state index contributed by atoms with van der Waals surface area (Å²) in [5.41, 5.74) is 0.451. The molecule has 0 spiro atoms. The van der Waals surface area contributed by atoms with Crippen LogP contribution in [0.4, 0.5) is 10.1 Å². The number of nitrogens with one attached hydrogen (secondary N) is 1. The topological polar surface area (TPSA) is 39.1 Å². The van der Waals surface area contributed by atoms with Crippen LogP contribution in [-0.2, 0) is 6.54 Å². The molecule has 0 atom stereocenters. The molecular weight excluding hydrogens is 233 g/mol. The zero-order valence-corrected chi connectivity index (χ0v) is 10.5. The van der Waals surface area contributed by atoms with E-state index >= 15 is 0 Å². The number of methoxy groups -OCH3 is 1. The molecule has 0 fully saturated rings. The van der Waals surface area contributed by atoms with Gasteiger partial charge in [-0.2, -0.15) is 0 Å². The number of ether oxygens (including phenoxy) is 1. The third kappa shape index (κ3) is 2.80. The standard InChI is InChI=1S/C13H16FN3O/c1-10-15-5-7-17(10)8-6-16-13-9-11(18-2)3-4-12(13)14/h3-5,7,9,16H,6,8H2,1-2H3. The second-order valence-electron chi connectivity index (χ2n) is 3.94. The highest BCUT2D eigenvalue weighted by molar-refractivity contribution is 5.49. The zero-order valence-electron chi connectivity index (χ0n) is 10.5. The van der Waals surface area contributed by atoms with Crippen molar-refractivity contribution in [2.45, 2.75) is 13.5 Å². The number of imidazole rings is 1. The molecule has 0 aliphatic carbocycles. The third-order valence-corrected chi connectivity index (χ3v) is 2.77. The number of hydrogen-bond acceptors (Lipinski definition) is 3. The maximum Gasteiger partial charge on any atom is 0.146 e. The number of aromatic nitrogens is 2. The Morgan fingerprint density at radius 1 is 1.44 bits per heavy atom. The molecule has 1 N–H and O–H groups in total. The van der Waals surface area contributed by atoms with Crippen LogP contribution in [0.25, 0.3) is 0 Å². The van der Waals surface area contributed by atoms with Gasteiger partial charge in [0.25, 0.3) is 0 Å². The van der Waals surface area contributed by atoms with Crippen molar-refractivity contribution in [2.24, 2.45) is 0 Å². The first-order chi connectivity index (χ1) is 8.70. The highest BCUT2D eigenvalue weighted by atomic mass is 19.1. The van der Waals surface area contributed by atoms with Crippen molar-refractivity contribution >= 4 is 5.69 Å².